The van der Waals surface area contributed by atoms with E-state index in [9.17, 15) is 4.79 Å². The Balaban J connectivity index is 1.46. The Morgan fingerprint density at radius 2 is 2.12 bits per heavy atom. The molecule has 126 valence electrons. The normalized spacial score (nSPS) is 11.3. The minimum atomic E-state index is -0.189. The van der Waals surface area contributed by atoms with Crippen molar-refractivity contribution in [1.29, 1.82) is 0 Å². The Bertz CT molecular complexity index is 1050. The van der Waals surface area contributed by atoms with Crippen molar-refractivity contribution in [3.63, 3.8) is 0 Å². The maximum atomic E-state index is 12.4. The number of aromatic nitrogens is 1. The van der Waals surface area contributed by atoms with Crippen LogP contribution in [-0.4, -0.2) is 17.4 Å². The summed E-state index contributed by atoms with van der Waals surface area (Å²) in [5.74, 6) is 0.184. The maximum Gasteiger partial charge on any atom is 0.287 e. The number of carbonyl (C=O) groups is 1. The number of para-hydroxylation sites is 1. The van der Waals surface area contributed by atoms with E-state index in [1.165, 1.54) is 4.70 Å². The molecule has 6 heteroatoms. The molecule has 1 amide bonds. The molecule has 0 atom stereocenters. The lowest BCUT2D eigenvalue weighted by molar-refractivity contribution is 0.0928. The third-order valence-corrected chi connectivity index (χ3v) is 5.66. The molecule has 1 N–H and O–H groups in total. The summed E-state index contributed by atoms with van der Waals surface area (Å²) in [6, 6.07) is 13.8. The van der Waals surface area contributed by atoms with Crippen LogP contribution < -0.4 is 5.32 Å². The zero-order valence-electron chi connectivity index (χ0n) is 13.5. The van der Waals surface area contributed by atoms with Gasteiger partial charge in [-0.15, -0.1) is 11.3 Å². The number of aryl methyl sites for hydroxylation is 1. The van der Waals surface area contributed by atoms with Crippen LogP contribution in [0.4, 0.5) is 0 Å². The fraction of sp³-hybridized carbons (Fsp3) is 0.158. The van der Waals surface area contributed by atoms with Crippen molar-refractivity contribution in [2.24, 2.45) is 0 Å². The number of nitrogens with one attached hydrogen (secondary N) is 1. The number of halogens is 1. The van der Waals surface area contributed by atoms with Crippen LogP contribution in [0.3, 0.4) is 0 Å². The van der Waals surface area contributed by atoms with Crippen molar-refractivity contribution < 1.29 is 9.21 Å². The Kier molecular flexibility index (Phi) is 4.31. The second-order valence-corrected chi connectivity index (χ2v) is 7.81. The molecule has 0 aliphatic rings. The number of amides is 1. The molecule has 0 saturated carbocycles. The van der Waals surface area contributed by atoms with Gasteiger partial charge in [0.25, 0.3) is 5.91 Å². The van der Waals surface area contributed by atoms with Crippen molar-refractivity contribution in [2.75, 3.05) is 6.54 Å². The van der Waals surface area contributed by atoms with Crippen LogP contribution in [-0.2, 0) is 6.42 Å². The van der Waals surface area contributed by atoms with E-state index in [0.29, 0.717) is 24.3 Å². The number of nitrogens with zero attached hydrogens (tertiary/aromatic N) is 1. The summed E-state index contributed by atoms with van der Waals surface area (Å²) < 4.78 is 7.83. The second-order valence-electron chi connectivity index (χ2n) is 5.78. The van der Waals surface area contributed by atoms with E-state index in [-0.39, 0.29) is 5.91 Å². The smallest absolute Gasteiger partial charge is 0.287 e. The molecular formula is C19H15BrN2O2S. The first-order valence-electron chi connectivity index (χ1n) is 7.93. The number of thiazole rings is 1. The quantitative estimate of drug-likeness (QED) is 0.506. The van der Waals surface area contributed by atoms with Gasteiger partial charge in [-0.3, -0.25) is 4.79 Å². The number of carbonyl (C=O) groups excluding carboxylic acids is 1. The predicted molar refractivity (Wildman–Crippen MR) is 104 cm³/mol. The fourth-order valence-electron chi connectivity index (χ4n) is 2.81. The second kappa shape index (κ2) is 6.61. The summed E-state index contributed by atoms with van der Waals surface area (Å²) in [7, 11) is 0. The Morgan fingerprint density at radius 3 is 2.96 bits per heavy atom. The van der Waals surface area contributed by atoms with E-state index in [1.54, 1.807) is 11.3 Å². The Morgan fingerprint density at radius 1 is 1.28 bits per heavy atom. The molecule has 2 heterocycles. The number of benzene rings is 2. The van der Waals surface area contributed by atoms with Gasteiger partial charge < -0.3 is 9.73 Å². The summed E-state index contributed by atoms with van der Waals surface area (Å²) in [6.45, 7) is 2.43. The third kappa shape index (κ3) is 3.19. The van der Waals surface area contributed by atoms with E-state index in [1.807, 2.05) is 43.3 Å². The van der Waals surface area contributed by atoms with Gasteiger partial charge in [-0.05, 0) is 37.3 Å². The molecular weight excluding hydrogens is 400 g/mol. The van der Waals surface area contributed by atoms with Crippen molar-refractivity contribution in [2.45, 2.75) is 13.3 Å². The minimum Gasteiger partial charge on any atom is -0.451 e. The van der Waals surface area contributed by atoms with E-state index in [0.717, 1.165) is 25.9 Å². The number of furan rings is 1. The van der Waals surface area contributed by atoms with E-state index in [4.69, 9.17) is 4.42 Å². The summed E-state index contributed by atoms with van der Waals surface area (Å²) in [6.07, 6.45) is 0.704. The third-order valence-electron chi connectivity index (χ3n) is 4.07. The molecule has 2 aromatic heterocycles. The topological polar surface area (TPSA) is 55.1 Å². The standard InChI is InChI=1S/C19H15BrN2O2S/c1-11-13-7-6-12(20)10-15(13)24-18(11)19(23)21-9-8-17-22-14-4-2-3-5-16(14)25-17/h2-7,10H,8-9H2,1H3,(H,21,23). The van der Waals surface area contributed by atoms with Gasteiger partial charge in [0.2, 0.25) is 0 Å². The monoisotopic (exact) mass is 414 g/mol. The maximum absolute atomic E-state index is 12.4. The molecule has 0 aliphatic carbocycles. The lowest BCUT2D eigenvalue weighted by Gasteiger charge is -2.02. The number of hydrogen-bond acceptors (Lipinski definition) is 4. The highest BCUT2D eigenvalue weighted by atomic mass is 79.9. The molecule has 4 aromatic rings. The highest BCUT2D eigenvalue weighted by Gasteiger charge is 2.17. The van der Waals surface area contributed by atoms with Gasteiger partial charge >= 0.3 is 0 Å². The van der Waals surface area contributed by atoms with Crippen molar-refractivity contribution in [1.82, 2.24) is 10.3 Å². The van der Waals surface area contributed by atoms with Gasteiger partial charge in [-0.1, -0.05) is 28.1 Å². The van der Waals surface area contributed by atoms with Crippen LogP contribution in [0.15, 0.2) is 51.4 Å². The molecule has 0 spiro atoms. The summed E-state index contributed by atoms with van der Waals surface area (Å²) >= 11 is 5.08. The van der Waals surface area contributed by atoms with Gasteiger partial charge in [-0.25, -0.2) is 4.98 Å². The average Bonchev–Trinajstić information content (AvgIpc) is 3.15. The van der Waals surface area contributed by atoms with Crippen molar-refractivity contribution >= 4 is 54.4 Å². The van der Waals surface area contributed by atoms with E-state index < -0.39 is 0 Å². The lowest BCUT2D eigenvalue weighted by atomic mass is 10.1. The van der Waals surface area contributed by atoms with Gasteiger partial charge in [0.1, 0.15) is 5.58 Å². The van der Waals surface area contributed by atoms with Gasteiger partial charge in [0.05, 0.1) is 15.2 Å². The summed E-state index contributed by atoms with van der Waals surface area (Å²) in [5, 5.41) is 4.91. The van der Waals surface area contributed by atoms with Crippen LogP contribution in [0.25, 0.3) is 21.2 Å². The van der Waals surface area contributed by atoms with Gasteiger partial charge in [-0.2, -0.15) is 0 Å². The zero-order chi connectivity index (χ0) is 17.4. The van der Waals surface area contributed by atoms with Crippen LogP contribution in [0.2, 0.25) is 0 Å². The molecule has 0 unspecified atom stereocenters. The molecule has 0 bridgehead atoms. The summed E-state index contributed by atoms with van der Waals surface area (Å²) in [4.78, 5) is 17.0. The Hall–Kier alpha value is -2.18. The van der Waals surface area contributed by atoms with Crippen molar-refractivity contribution in [3.05, 3.63) is 63.3 Å². The van der Waals surface area contributed by atoms with Crippen LogP contribution >= 0.6 is 27.3 Å². The number of fused-ring (bicyclic) bond motifs is 2. The van der Waals surface area contributed by atoms with Gasteiger partial charge in [0.15, 0.2) is 5.76 Å². The zero-order valence-corrected chi connectivity index (χ0v) is 15.9. The molecule has 0 radical (unpaired) electrons. The number of hydrogen-bond donors (Lipinski definition) is 1. The molecule has 25 heavy (non-hydrogen) atoms. The highest BCUT2D eigenvalue weighted by Crippen LogP contribution is 2.28. The first kappa shape index (κ1) is 16.3. The van der Waals surface area contributed by atoms with E-state index >= 15 is 0 Å². The Labute approximate surface area is 157 Å². The largest absolute Gasteiger partial charge is 0.451 e. The van der Waals surface area contributed by atoms with Crippen LogP contribution in [0, 0.1) is 6.92 Å². The molecule has 0 fully saturated rings. The average molecular weight is 415 g/mol. The first-order valence-corrected chi connectivity index (χ1v) is 9.54. The molecule has 2 aromatic carbocycles. The van der Waals surface area contributed by atoms with E-state index in [2.05, 4.69) is 32.3 Å². The molecule has 4 rings (SSSR count). The number of rotatable bonds is 4. The SMILES string of the molecule is Cc1c(C(=O)NCCc2nc3ccccc3s2)oc2cc(Br)ccc12. The summed E-state index contributed by atoms with van der Waals surface area (Å²) in [5.41, 5.74) is 2.58. The van der Waals surface area contributed by atoms with Crippen molar-refractivity contribution in [3.8, 4) is 0 Å². The highest BCUT2D eigenvalue weighted by molar-refractivity contribution is 9.10. The predicted octanol–water partition coefficient (Wildman–Crippen LogP) is 5.09. The molecule has 4 nitrogen and oxygen atoms in total. The molecule has 0 aliphatic heterocycles. The first-order chi connectivity index (χ1) is 12.1. The lowest BCUT2D eigenvalue weighted by Crippen LogP contribution is -2.25. The van der Waals surface area contributed by atoms with Crippen LogP contribution in [0.5, 0.6) is 0 Å². The van der Waals surface area contributed by atoms with Gasteiger partial charge in [0, 0.05) is 28.4 Å². The fourth-order valence-corrected chi connectivity index (χ4v) is 4.11. The molecule has 0 saturated heterocycles. The van der Waals surface area contributed by atoms with Crippen LogP contribution in [0.1, 0.15) is 21.1 Å². The minimum absolute atomic E-state index is 0.189.